The highest BCUT2D eigenvalue weighted by Gasteiger charge is 2.17. The molecular formula is C17H22N4O7. The van der Waals surface area contributed by atoms with E-state index in [2.05, 4.69) is 10.6 Å². The first-order valence-corrected chi connectivity index (χ1v) is 8.31. The standard InChI is InChI=1S/C17H22N4O7/c18-12-3-1-11(2-4-12)17(28)21(7-5-19-13(22)9-15(24)25)8-6-20-14(23)10-16(26)27/h1-4H,5-10,18H2,(H,19,22)(H,20,23)(H,24,25)(H,26,27). The van der Waals surface area contributed by atoms with Crippen LogP contribution < -0.4 is 16.4 Å². The van der Waals surface area contributed by atoms with E-state index in [4.69, 9.17) is 15.9 Å². The van der Waals surface area contributed by atoms with Gasteiger partial charge in [0.2, 0.25) is 11.8 Å². The Morgan fingerprint density at radius 1 is 0.821 bits per heavy atom. The number of aliphatic carboxylic acids is 2. The Labute approximate surface area is 160 Å². The van der Waals surface area contributed by atoms with Gasteiger partial charge in [0, 0.05) is 37.4 Å². The minimum absolute atomic E-state index is 0.00982. The zero-order valence-corrected chi connectivity index (χ0v) is 15.0. The molecule has 0 aromatic heterocycles. The third-order valence-electron chi connectivity index (χ3n) is 3.48. The summed E-state index contributed by atoms with van der Waals surface area (Å²) in [6.45, 7) is 0.137. The molecule has 1 aromatic rings. The Hall–Kier alpha value is -3.63. The van der Waals surface area contributed by atoms with Crippen molar-refractivity contribution < 1.29 is 34.2 Å². The molecule has 0 saturated carbocycles. The van der Waals surface area contributed by atoms with E-state index in [1.54, 1.807) is 12.1 Å². The number of carboxylic acids is 2. The summed E-state index contributed by atoms with van der Waals surface area (Å²) in [6.07, 6.45) is -1.37. The summed E-state index contributed by atoms with van der Waals surface area (Å²) in [4.78, 5) is 57.8. The zero-order valence-electron chi connectivity index (χ0n) is 15.0. The number of nitrogens with one attached hydrogen (secondary N) is 2. The van der Waals surface area contributed by atoms with Gasteiger partial charge in [0.05, 0.1) is 0 Å². The average Bonchev–Trinajstić information content (AvgIpc) is 2.59. The molecule has 1 aromatic carbocycles. The number of carboxylic acid groups (broad SMARTS) is 2. The van der Waals surface area contributed by atoms with Crippen molar-refractivity contribution in [3.8, 4) is 0 Å². The van der Waals surface area contributed by atoms with Crippen LogP contribution in [0.25, 0.3) is 0 Å². The van der Waals surface area contributed by atoms with Crippen LogP contribution in [0.4, 0.5) is 5.69 Å². The van der Waals surface area contributed by atoms with Crippen LogP contribution in [0, 0.1) is 0 Å². The molecule has 1 rings (SSSR count). The molecule has 0 aliphatic carbocycles. The lowest BCUT2D eigenvalue weighted by molar-refractivity contribution is -0.142. The smallest absolute Gasteiger partial charge is 0.312 e. The van der Waals surface area contributed by atoms with Crippen molar-refractivity contribution in [1.82, 2.24) is 15.5 Å². The monoisotopic (exact) mass is 394 g/mol. The first-order valence-electron chi connectivity index (χ1n) is 8.31. The lowest BCUT2D eigenvalue weighted by Gasteiger charge is -2.23. The molecule has 11 nitrogen and oxygen atoms in total. The summed E-state index contributed by atoms with van der Waals surface area (Å²) in [7, 11) is 0. The Morgan fingerprint density at radius 3 is 1.64 bits per heavy atom. The minimum atomic E-state index is -1.27. The van der Waals surface area contributed by atoms with Crippen molar-refractivity contribution in [1.29, 1.82) is 0 Å². The van der Waals surface area contributed by atoms with Crippen molar-refractivity contribution in [3.05, 3.63) is 29.8 Å². The molecule has 0 bridgehead atoms. The number of amides is 3. The van der Waals surface area contributed by atoms with E-state index in [0.717, 1.165) is 0 Å². The molecule has 0 aliphatic heterocycles. The zero-order chi connectivity index (χ0) is 21.1. The third-order valence-corrected chi connectivity index (χ3v) is 3.48. The first kappa shape index (κ1) is 22.4. The number of anilines is 1. The average molecular weight is 394 g/mol. The lowest BCUT2D eigenvalue weighted by atomic mass is 10.2. The van der Waals surface area contributed by atoms with Crippen LogP contribution >= 0.6 is 0 Å². The molecule has 0 atom stereocenters. The van der Waals surface area contributed by atoms with Crippen LogP contribution in [-0.2, 0) is 19.2 Å². The molecule has 3 amide bonds. The molecule has 0 unspecified atom stereocenters. The molecule has 0 spiro atoms. The van der Waals surface area contributed by atoms with Crippen LogP contribution in [-0.4, -0.2) is 71.0 Å². The van der Waals surface area contributed by atoms with E-state index < -0.39 is 36.6 Å². The summed E-state index contributed by atoms with van der Waals surface area (Å²) in [6, 6.07) is 6.15. The van der Waals surface area contributed by atoms with Gasteiger partial charge in [0.25, 0.3) is 5.91 Å². The van der Waals surface area contributed by atoms with E-state index in [-0.39, 0.29) is 32.1 Å². The van der Waals surface area contributed by atoms with Crippen LogP contribution in [0.5, 0.6) is 0 Å². The summed E-state index contributed by atoms with van der Waals surface area (Å²) < 4.78 is 0. The van der Waals surface area contributed by atoms with E-state index in [9.17, 15) is 24.0 Å². The van der Waals surface area contributed by atoms with Gasteiger partial charge in [-0.1, -0.05) is 0 Å². The van der Waals surface area contributed by atoms with Gasteiger partial charge >= 0.3 is 11.9 Å². The fourth-order valence-corrected chi connectivity index (χ4v) is 2.18. The Bertz CT molecular complexity index is 700. The molecule has 0 heterocycles. The first-order chi connectivity index (χ1) is 13.2. The van der Waals surface area contributed by atoms with Gasteiger partial charge < -0.3 is 31.5 Å². The van der Waals surface area contributed by atoms with Crippen molar-refractivity contribution in [3.63, 3.8) is 0 Å². The van der Waals surface area contributed by atoms with Gasteiger partial charge in [-0.15, -0.1) is 0 Å². The number of nitrogens with two attached hydrogens (primary N) is 1. The molecular weight excluding hydrogens is 372 g/mol. The van der Waals surface area contributed by atoms with Crippen molar-refractivity contribution >= 4 is 35.3 Å². The van der Waals surface area contributed by atoms with E-state index in [1.807, 2.05) is 0 Å². The fraction of sp³-hybridized carbons (Fsp3) is 0.353. The normalized spacial score (nSPS) is 10.0. The maximum absolute atomic E-state index is 12.6. The van der Waals surface area contributed by atoms with Gasteiger partial charge in [-0.3, -0.25) is 24.0 Å². The molecule has 0 fully saturated rings. The van der Waals surface area contributed by atoms with Gasteiger partial charge in [0.15, 0.2) is 0 Å². The number of nitrogen functional groups attached to an aromatic ring is 1. The quantitative estimate of drug-likeness (QED) is 0.231. The highest BCUT2D eigenvalue weighted by atomic mass is 16.4. The van der Waals surface area contributed by atoms with Crippen LogP contribution in [0.1, 0.15) is 23.2 Å². The third kappa shape index (κ3) is 8.65. The van der Waals surface area contributed by atoms with Crippen LogP contribution in [0.15, 0.2) is 24.3 Å². The fourth-order valence-electron chi connectivity index (χ4n) is 2.18. The molecule has 6 N–H and O–H groups in total. The van der Waals surface area contributed by atoms with Gasteiger partial charge in [-0.25, -0.2) is 0 Å². The number of rotatable bonds is 11. The van der Waals surface area contributed by atoms with Crippen LogP contribution in [0.2, 0.25) is 0 Å². The van der Waals surface area contributed by atoms with Gasteiger partial charge in [0.1, 0.15) is 12.8 Å². The number of benzene rings is 1. The van der Waals surface area contributed by atoms with Crippen LogP contribution in [0.3, 0.4) is 0 Å². The Morgan fingerprint density at radius 2 is 1.25 bits per heavy atom. The highest BCUT2D eigenvalue weighted by Crippen LogP contribution is 2.08. The Balaban J connectivity index is 2.67. The molecule has 28 heavy (non-hydrogen) atoms. The molecule has 11 heteroatoms. The molecule has 0 radical (unpaired) electrons. The maximum atomic E-state index is 12.6. The number of carbonyl (C=O) groups is 5. The van der Waals surface area contributed by atoms with Crippen molar-refractivity contribution in [2.75, 3.05) is 31.9 Å². The van der Waals surface area contributed by atoms with E-state index in [1.165, 1.54) is 17.0 Å². The summed E-state index contributed by atoms with van der Waals surface area (Å²) >= 11 is 0. The number of hydrogen-bond donors (Lipinski definition) is 5. The SMILES string of the molecule is Nc1ccc(C(=O)N(CCNC(=O)CC(=O)O)CCNC(=O)CC(=O)O)cc1. The van der Waals surface area contributed by atoms with Crippen molar-refractivity contribution in [2.24, 2.45) is 0 Å². The minimum Gasteiger partial charge on any atom is -0.481 e. The molecule has 0 saturated heterocycles. The molecule has 152 valence electrons. The second-order valence-corrected chi connectivity index (χ2v) is 5.76. The van der Waals surface area contributed by atoms with E-state index in [0.29, 0.717) is 11.3 Å². The highest BCUT2D eigenvalue weighted by molar-refractivity contribution is 5.95. The second-order valence-electron chi connectivity index (χ2n) is 5.76. The summed E-state index contributed by atoms with van der Waals surface area (Å²) in [5, 5.41) is 21.9. The predicted octanol–water partition coefficient (Wildman–Crippen LogP) is -1.11. The summed E-state index contributed by atoms with van der Waals surface area (Å²) in [5.41, 5.74) is 6.41. The van der Waals surface area contributed by atoms with Gasteiger partial charge in [-0.05, 0) is 24.3 Å². The lowest BCUT2D eigenvalue weighted by Crippen LogP contribution is -2.43. The molecule has 0 aliphatic rings. The number of carbonyl (C=O) groups excluding carboxylic acids is 3. The number of nitrogens with zero attached hydrogens (tertiary/aromatic N) is 1. The Kier molecular flexibility index (Phi) is 8.93. The number of hydrogen-bond acceptors (Lipinski definition) is 6. The predicted molar refractivity (Wildman–Crippen MR) is 97.3 cm³/mol. The maximum Gasteiger partial charge on any atom is 0.312 e. The van der Waals surface area contributed by atoms with Gasteiger partial charge in [-0.2, -0.15) is 0 Å². The van der Waals surface area contributed by atoms with E-state index >= 15 is 0 Å². The topological polar surface area (TPSA) is 179 Å². The van der Waals surface area contributed by atoms with Crippen molar-refractivity contribution in [2.45, 2.75) is 12.8 Å². The second kappa shape index (κ2) is 11.2. The largest absolute Gasteiger partial charge is 0.481 e. The summed E-state index contributed by atoms with van der Waals surface area (Å²) in [5.74, 6) is -4.31.